The maximum Gasteiger partial charge on any atom is 0.347 e. The van der Waals surface area contributed by atoms with E-state index in [0.29, 0.717) is 16.5 Å². The highest BCUT2D eigenvalue weighted by Crippen LogP contribution is 2.24. The summed E-state index contributed by atoms with van der Waals surface area (Å²) in [5, 5.41) is 8.28. The summed E-state index contributed by atoms with van der Waals surface area (Å²) in [6.07, 6.45) is 2.35. The van der Waals surface area contributed by atoms with E-state index in [1.165, 1.54) is 6.20 Å². The summed E-state index contributed by atoms with van der Waals surface area (Å²) in [6.45, 7) is 4.03. The van der Waals surface area contributed by atoms with Gasteiger partial charge < -0.3 is 9.73 Å². The summed E-state index contributed by atoms with van der Waals surface area (Å²) in [5.74, 6) is -0.206. The Labute approximate surface area is 155 Å². The molecule has 4 aromatic rings. The number of aryl methyl sites for hydroxylation is 2. The van der Waals surface area contributed by atoms with Gasteiger partial charge in [0.25, 0.3) is 0 Å². The molecule has 0 radical (unpaired) electrons. The van der Waals surface area contributed by atoms with Crippen molar-refractivity contribution in [1.29, 1.82) is 0 Å². The molecule has 27 heavy (non-hydrogen) atoms. The molecule has 1 N–H and O–H groups in total. The highest BCUT2D eigenvalue weighted by molar-refractivity contribution is 6.03. The Balaban J connectivity index is 1.71. The van der Waals surface area contributed by atoms with Gasteiger partial charge in [0, 0.05) is 11.1 Å². The fraction of sp³-hybridized carbons (Fsp3) is 0.190. The predicted octanol–water partition coefficient (Wildman–Crippen LogP) is 3.65. The van der Waals surface area contributed by atoms with Crippen molar-refractivity contribution in [2.75, 3.05) is 5.32 Å². The lowest BCUT2D eigenvalue weighted by molar-refractivity contribution is -0.116. The molecule has 0 aliphatic heterocycles. The van der Waals surface area contributed by atoms with E-state index >= 15 is 0 Å². The first-order valence-corrected chi connectivity index (χ1v) is 8.83. The number of carbonyl (C=O) groups excluding carboxylic acids is 1. The SMILES string of the molecule is CCc1cccc(NC(=O)Cn2ncc3c(=O)oc4ccc(C)cc4c32)c1. The Hall–Kier alpha value is -3.41. The second-order valence-corrected chi connectivity index (χ2v) is 6.56. The van der Waals surface area contributed by atoms with Crippen LogP contribution in [0.3, 0.4) is 0 Å². The number of amides is 1. The van der Waals surface area contributed by atoms with Crippen LogP contribution in [-0.2, 0) is 17.8 Å². The van der Waals surface area contributed by atoms with Crippen molar-refractivity contribution in [2.45, 2.75) is 26.8 Å². The maximum absolute atomic E-state index is 12.5. The van der Waals surface area contributed by atoms with Gasteiger partial charge in [0.05, 0.1) is 11.7 Å². The Morgan fingerprint density at radius 3 is 2.85 bits per heavy atom. The minimum atomic E-state index is -0.455. The molecule has 2 aromatic heterocycles. The third-order valence-corrected chi connectivity index (χ3v) is 4.56. The first kappa shape index (κ1) is 17.0. The number of fused-ring (bicyclic) bond motifs is 3. The molecule has 0 aliphatic rings. The molecule has 0 saturated heterocycles. The Kier molecular flexibility index (Phi) is 4.24. The molecule has 2 aromatic carbocycles. The Morgan fingerprint density at radius 1 is 1.19 bits per heavy atom. The zero-order valence-electron chi connectivity index (χ0n) is 15.2. The van der Waals surface area contributed by atoms with Gasteiger partial charge in [-0.3, -0.25) is 9.48 Å². The van der Waals surface area contributed by atoms with Gasteiger partial charge in [-0.05, 0) is 43.2 Å². The van der Waals surface area contributed by atoms with Crippen LogP contribution in [0.1, 0.15) is 18.1 Å². The average molecular weight is 361 g/mol. The molecule has 0 spiro atoms. The number of benzene rings is 2. The number of carbonyl (C=O) groups is 1. The number of hydrogen-bond acceptors (Lipinski definition) is 4. The van der Waals surface area contributed by atoms with Crippen LogP contribution >= 0.6 is 0 Å². The zero-order chi connectivity index (χ0) is 19.0. The largest absolute Gasteiger partial charge is 0.422 e. The second kappa shape index (κ2) is 6.72. The van der Waals surface area contributed by atoms with E-state index in [4.69, 9.17) is 4.42 Å². The molecule has 1 amide bonds. The van der Waals surface area contributed by atoms with Gasteiger partial charge in [0.2, 0.25) is 5.91 Å². The van der Waals surface area contributed by atoms with Crippen molar-refractivity contribution in [2.24, 2.45) is 0 Å². The fourth-order valence-corrected chi connectivity index (χ4v) is 3.22. The van der Waals surface area contributed by atoms with Crippen molar-refractivity contribution in [3.8, 4) is 0 Å². The number of anilines is 1. The molecular formula is C21H19N3O3. The van der Waals surface area contributed by atoms with Gasteiger partial charge >= 0.3 is 5.63 Å². The number of aromatic nitrogens is 2. The zero-order valence-corrected chi connectivity index (χ0v) is 15.2. The normalized spacial score (nSPS) is 11.2. The van der Waals surface area contributed by atoms with Crippen LogP contribution in [-0.4, -0.2) is 15.7 Å². The lowest BCUT2D eigenvalue weighted by Crippen LogP contribution is -2.19. The topological polar surface area (TPSA) is 77.1 Å². The maximum atomic E-state index is 12.5. The summed E-state index contributed by atoms with van der Waals surface area (Å²) < 4.78 is 6.91. The standard InChI is InChI=1S/C21H19N3O3/c1-3-14-5-4-6-15(10-14)23-19(25)12-24-20-16-9-13(2)7-8-18(16)27-21(26)17(20)11-22-24/h4-11H,3,12H2,1-2H3,(H,23,25). The van der Waals surface area contributed by atoms with Crippen LogP contribution in [0.15, 0.2) is 57.9 Å². The molecule has 4 rings (SSSR count). The van der Waals surface area contributed by atoms with E-state index in [-0.39, 0.29) is 12.5 Å². The number of rotatable bonds is 4. The van der Waals surface area contributed by atoms with Gasteiger partial charge in [0.1, 0.15) is 17.5 Å². The van der Waals surface area contributed by atoms with Crippen LogP contribution in [0, 0.1) is 6.92 Å². The lowest BCUT2D eigenvalue weighted by atomic mass is 10.1. The minimum absolute atomic E-state index is 0.00630. The molecule has 6 nitrogen and oxygen atoms in total. The molecule has 2 heterocycles. The van der Waals surface area contributed by atoms with Gasteiger partial charge in [-0.2, -0.15) is 5.10 Å². The third kappa shape index (κ3) is 3.21. The van der Waals surface area contributed by atoms with Crippen LogP contribution < -0.4 is 10.9 Å². The molecule has 0 fully saturated rings. The fourth-order valence-electron chi connectivity index (χ4n) is 3.22. The number of nitrogens with one attached hydrogen (secondary N) is 1. The van der Waals surface area contributed by atoms with Crippen LogP contribution in [0.5, 0.6) is 0 Å². The molecule has 0 unspecified atom stereocenters. The summed E-state index contributed by atoms with van der Waals surface area (Å²) in [4.78, 5) is 24.8. The van der Waals surface area contributed by atoms with Crippen LogP contribution in [0.2, 0.25) is 0 Å². The van der Waals surface area contributed by atoms with Crippen molar-refractivity contribution in [3.05, 3.63) is 70.2 Å². The molecule has 6 heteroatoms. The van der Waals surface area contributed by atoms with E-state index < -0.39 is 5.63 Å². The quantitative estimate of drug-likeness (QED) is 0.563. The lowest BCUT2D eigenvalue weighted by Gasteiger charge is -2.08. The summed E-state index contributed by atoms with van der Waals surface area (Å²) in [6, 6.07) is 13.3. The third-order valence-electron chi connectivity index (χ3n) is 4.56. The molecular weight excluding hydrogens is 342 g/mol. The minimum Gasteiger partial charge on any atom is -0.422 e. The summed E-state index contributed by atoms with van der Waals surface area (Å²) >= 11 is 0. The van der Waals surface area contributed by atoms with E-state index in [2.05, 4.69) is 17.3 Å². The Morgan fingerprint density at radius 2 is 2.04 bits per heavy atom. The van der Waals surface area contributed by atoms with E-state index in [1.54, 1.807) is 10.7 Å². The van der Waals surface area contributed by atoms with Crippen molar-refractivity contribution < 1.29 is 9.21 Å². The summed E-state index contributed by atoms with van der Waals surface area (Å²) in [5.41, 5.74) is 3.57. The summed E-state index contributed by atoms with van der Waals surface area (Å²) in [7, 11) is 0. The highest BCUT2D eigenvalue weighted by atomic mass is 16.4. The van der Waals surface area contributed by atoms with E-state index in [9.17, 15) is 9.59 Å². The van der Waals surface area contributed by atoms with Gasteiger partial charge in [-0.15, -0.1) is 0 Å². The molecule has 136 valence electrons. The monoisotopic (exact) mass is 361 g/mol. The number of hydrogen-bond donors (Lipinski definition) is 1. The van der Waals surface area contributed by atoms with E-state index in [0.717, 1.165) is 28.6 Å². The molecule has 0 aliphatic carbocycles. The van der Waals surface area contributed by atoms with Crippen molar-refractivity contribution >= 4 is 33.5 Å². The van der Waals surface area contributed by atoms with Crippen LogP contribution in [0.4, 0.5) is 5.69 Å². The van der Waals surface area contributed by atoms with E-state index in [1.807, 2.05) is 43.3 Å². The highest BCUT2D eigenvalue weighted by Gasteiger charge is 2.15. The first-order chi connectivity index (χ1) is 13.0. The molecule has 0 saturated carbocycles. The van der Waals surface area contributed by atoms with Crippen molar-refractivity contribution in [1.82, 2.24) is 9.78 Å². The molecule has 0 atom stereocenters. The van der Waals surface area contributed by atoms with Gasteiger partial charge in [-0.25, -0.2) is 4.79 Å². The second-order valence-electron chi connectivity index (χ2n) is 6.56. The van der Waals surface area contributed by atoms with Crippen molar-refractivity contribution in [3.63, 3.8) is 0 Å². The van der Waals surface area contributed by atoms with Crippen LogP contribution in [0.25, 0.3) is 21.9 Å². The predicted molar refractivity (Wildman–Crippen MR) is 105 cm³/mol. The average Bonchev–Trinajstić information content (AvgIpc) is 3.07. The number of nitrogens with zero attached hydrogens (tertiary/aromatic N) is 2. The first-order valence-electron chi connectivity index (χ1n) is 8.83. The molecule has 0 bridgehead atoms. The van der Waals surface area contributed by atoms with Gasteiger partial charge in [0.15, 0.2) is 0 Å². The Bertz CT molecular complexity index is 1220. The van der Waals surface area contributed by atoms with Gasteiger partial charge in [-0.1, -0.05) is 30.7 Å². The smallest absolute Gasteiger partial charge is 0.347 e.